The molecule has 1 aromatic carbocycles. The number of hydrogen-bond donors (Lipinski definition) is 1. The number of thiocarbonyl (C=S) groups is 1. The Hall–Kier alpha value is -1.17. The van der Waals surface area contributed by atoms with Gasteiger partial charge in [-0.05, 0) is 33.0 Å². The molecular weight excluding hydrogens is 282 g/mol. The minimum Gasteiger partial charge on any atom is -0.492 e. The van der Waals surface area contributed by atoms with Crippen molar-refractivity contribution in [3.63, 3.8) is 0 Å². The van der Waals surface area contributed by atoms with E-state index in [1.165, 1.54) is 0 Å². The first-order valence-corrected chi connectivity index (χ1v) is 7.85. The van der Waals surface area contributed by atoms with Gasteiger partial charge >= 0.3 is 0 Å². The quantitative estimate of drug-likeness (QED) is 0.839. The van der Waals surface area contributed by atoms with E-state index in [1.807, 2.05) is 24.3 Å². The number of likely N-dealkylation sites (N-methyl/N-ethyl adjacent to an activating group) is 1. The van der Waals surface area contributed by atoms with E-state index in [0.29, 0.717) is 23.7 Å². The Morgan fingerprint density at radius 2 is 2.00 bits per heavy atom. The zero-order valence-electron chi connectivity index (χ0n) is 13.1. The lowest BCUT2D eigenvalue weighted by Gasteiger charge is -2.42. The Labute approximate surface area is 132 Å². The second-order valence-electron chi connectivity index (χ2n) is 5.86. The molecule has 21 heavy (non-hydrogen) atoms. The highest BCUT2D eigenvalue weighted by atomic mass is 32.1. The van der Waals surface area contributed by atoms with E-state index in [4.69, 9.17) is 22.7 Å². The SMILES string of the molecule is CC1CN(CCOc2cccc(C(N)=S)c2)CC(C)N1C. The monoisotopic (exact) mass is 307 g/mol. The second kappa shape index (κ2) is 7.20. The molecule has 2 atom stereocenters. The topological polar surface area (TPSA) is 41.7 Å². The molecule has 4 nitrogen and oxygen atoms in total. The smallest absolute Gasteiger partial charge is 0.120 e. The molecule has 1 aliphatic rings. The van der Waals surface area contributed by atoms with Gasteiger partial charge in [-0.1, -0.05) is 24.4 Å². The third-order valence-electron chi connectivity index (χ3n) is 4.23. The molecule has 0 radical (unpaired) electrons. The van der Waals surface area contributed by atoms with Gasteiger partial charge in [0.15, 0.2) is 0 Å². The summed E-state index contributed by atoms with van der Waals surface area (Å²) < 4.78 is 5.83. The molecule has 5 heteroatoms. The molecule has 1 aromatic rings. The highest BCUT2D eigenvalue weighted by Crippen LogP contribution is 2.15. The fourth-order valence-electron chi connectivity index (χ4n) is 2.73. The van der Waals surface area contributed by atoms with Gasteiger partial charge < -0.3 is 10.5 Å². The Kier molecular flexibility index (Phi) is 5.56. The molecule has 0 aliphatic carbocycles. The van der Waals surface area contributed by atoms with E-state index in [2.05, 4.69) is 30.7 Å². The molecule has 116 valence electrons. The van der Waals surface area contributed by atoms with Crippen LogP contribution in [0.15, 0.2) is 24.3 Å². The summed E-state index contributed by atoms with van der Waals surface area (Å²) in [7, 11) is 2.20. The molecule has 1 aliphatic heterocycles. The van der Waals surface area contributed by atoms with Crippen molar-refractivity contribution in [1.29, 1.82) is 0 Å². The molecule has 0 aromatic heterocycles. The van der Waals surface area contributed by atoms with E-state index >= 15 is 0 Å². The van der Waals surface area contributed by atoms with Gasteiger partial charge in [0.25, 0.3) is 0 Å². The maximum absolute atomic E-state index is 5.83. The lowest BCUT2D eigenvalue weighted by molar-refractivity contribution is 0.0522. The maximum Gasteiger partial charge on any atom is 0.120 e. The van der Waals surface area contributed by atoms with Crippen LogP contribution >= 0.6 is 12.2 Å². The van der Waals surface area contributed by atoms with Gasteiger partial charge in [-0.2, -0.15) is 0 Å². The minimum absolute atomic E-state index is 0.405. The zero-order valence-corrected chi connectivity index (χ0v) is 13.9. The van der Waals surface area contributed by atoms with Crippen LogP contribution in [0.1, 0.15) is 19.4 Å². The van der Waals surface area contributed by atoms with Crippen molar-refractivity contribution >= 4 is 17.2 Å². The van der Waals surface area contributed by atoms with Gasteiger partial charge in [-0.3, -0.25) is 9.80 Å². The average Bonchev–Trinajstić information content (AvgIpc) is 2.45. The largest absolute Gasteiger partial charge is 0.492 e. The molecule has 2 rings (SSSR count). The van der Waals surface area contributed by atoms with Crippen molar-refractivity contribution in [3.05, 3.63) is 29.8 Å². The number of hydrogen-bond acceptors (Lipinski definition) is 4. The van der Waals surface area contributed by atoms with Crippen LogP contribution in [0.25, 0.3) is 0 Å². The third-order valence-corrected chi connectivity index (χ3v) is 4.47. The van der Waals surface area contributed by atoms with E-state index in [9.17, 15) is 0 Å². The van der Waals surface area contributed by atoms with Crippen LogP contribution in [0.2, 0.25) is 0 Å². The molecule has 1 fully saturated rings. The Morgan fingerprint density at radius 1 is 1.33 bits per heavy atom. The van der Waals surface area contributed by atoms with Gasteiger partial charge in [0, 0.05) is 37.3 Å². The molecule has 0 spiro atoms. The summed E-state index contributed by atoms with van der Waals surface area (Å²) in [5, 5.41) is 0. The number of nitrogens with zero attached hydrogens (tertiary/aromatic N) is 2. The van der Waals surface area contributed by atoms with Gasteiger partial charge in [-0.15, -0.1) is 0 Å². The molecule has 1 heterocycles. The van der Waals surface area contributed by atoms with Crippen molar-refractivity contribution in [2.75, 3.05) is 33.3 Å². The lowest BCUT2D eigenvalue weighted by atomic mass is 10.1. The van der Waals surface area contributed by atoms with E-state index in [-0.39, 0.29) is 0 Å². The van der Waals surface area contributed by atoms with E-state index in [1.54, 1.807) is 0 Å². The van der Waals surface area contributed by atoms with Crippen molar-refractivity contribution in [3.8, 4) is 5.75 Å². The summed E-state index contributed by atoms with van der Waals surface area (Å²) in [5.41, 5.74) is 6.49. The van der Waals surface area contributed by atoms with E-state index in [0.717, 1.165) is 30.9 Å². The van der Waals surface area contributed by atoms with Crippen molar-refractivity contribution in [2.24, 2.45) is 5.73 Å². The standard InChI is InChI=1S/C16H25N3OS/c1-12-10-19(11-13(2)18(12)3)7-8-20-15-6-4-5-14(9-15)16(17)21/h4-6,9,12-13H,7-8,10-11H2,1-3H3,(H2,17,21). The molecular formula is C16H25N3OS. The predicted octanol–water partition coefficient (Wildman–Crippen LogP) is 1.72. The molecule has 1 saturated heterocycles. The molecule has 0 bridgehead atoms. The van der Waals surface area contributed by atoms with Crippen LogP contribution in [0.3, 0.4) is 0 Å². The molecule has 0 amide bonds. The molecule has 2 N–H and O–H groups in total. The highest BCUT2D eigenvalue weighted by molar-refractivity contribution is 7.80. The number of piperazine rings is 1. The summed E-state index contributed by atoms with van der Waals surface area (Å²) in [4.78, 5) is 5.30. The fraction of sp³-hybridized carbons (Fsp3) is 0.562. The normalized spacial score (nSPS) is 24.0. The van der Waals surface area contributed by atoms with Crippen LogP contribution < -0.4 is 10.5 Å². The van der Waals surface area contributed by atoms with Crippen molar-refractivity contribution in [1.82, 2.24) is 9.80 Å². The average molecular weight is 307 g/mol. The summed E-state index contributed by atoms with van der Waals surface area (Å²) in [5.74, 6) is 0.829. The molecule has 0 saturated carbocycles. The van der Waals surface area contributed by atoms with Crippen LogP contribution in [-0.4, -0.2) is 60.2 Å². The lowest BCUT2D eigenvalue weighted by Crippen LogP contribution is -2.55. The first kappa shape index (κ1) is 16.2. The Bertz CT molecular complexity index is 482. The van der Waals surface area contributed by atoms with Crippen LogP contribution in [0.4, 0.5) is 0 Å². The second-order valence-corrected chi connectivity index (χ2v) is 6.30. The van der Waals surface area contributed by atoms with E-state index < -0.39 is 0 Å². The van der Waals surface area contributed by atoms with Gasteiger partial charge in [0.2, 0.25) is 0 Å². The minimum atomic E-state index is 0.405. The first-order chi connectivity index (χ1) is 9.97. The van der Waals surface area contributed by atoms with Crippen molar-refractivity contribution < 1.29 is 4.74 Å². The summed E-state index contributed by atoms with van der Waals surface area (Å²) in [6.07, 6.45) is 0. The summed E-state index contributed by atoms with van der Waals surface area (Å²) in [6, 6.07) is 8.84. The Balaban J connectivity index is 1.82. The number of nitrogens with two attached hydrogens (primary N) is 1. The number of ether oxygens (including phenoxy) is 1. The number of rotatable bonds is 5. The van der Waals surface area contributed by atoms with Gasteiger partial charge in [0.1, 0.15) is 17.3 Å². The predicted molar refractivity (Wildman–Crippen MR) is 91.0 cm³/mol. The summed E-state index contributed by atoms with van der Waals surface area (Å²) in [6.45, 7) is 8.36. The fourth-order valence-corrected chi connectivity index (χ4v) is 2.86. The molecule has 2 unspecified atom stereocenters. The summed E-state index contributed by atoms with van der Waals surface area (Å²) >= 11 is 4.98. The first-order valence-electron chi connectivity index (χ1n) is 7.44. The number of benzene rings is 1. The maximum atomic E-state index is 5.83. The highest BCUT2D eigenvalue weighted by Gasteiger charge is 2.25. The zero-order chi connectivity index (χ0) is 15.4. The Morgan fingerprint density at radius 3 is 2.62 bits per heavy atom. The van der Waals surface area contributed by atoms with Gasteiger partial charge in [-0.25, -0.2) is 0 Å². The van der Waals surface area contributed by atoms with Crippen LogP contribution in [0, 0.1) is 0 Å². The third kappa shape index (κ3) is 4.40. The van der Waals surface area contributed by atoms with Crippen molar-refractivity contribution in [2.45, 2.75) is 25.9 Å². The van der Waals surface area contributed by atoms with Gasteiger partial charge in [0.05, 0.1) is 0 Å². The van der Waals surface area contributed by atoms with Crippen LogP contribution in [-0.2, 0) is 0 Å². The van der Waals surface area contributed by atoms with Crippen LogP contribution in [0.5, 0.6) is 5.75 Å².